The summed E-state index contributed by atoms with van der Waals surface area (Å²) in [6.07, 6.45) is 4.88. The van der Waals surface area contributed by atoms with Crippen LogP contribution in [-0.4, -0.2) is 83.8 Å². The van der Waals surface area contributed by atoms with Gasteiger partial charge in [-0.15, -0.1) is 0 Å². The Labute approximate surface area is 220 Å². The van der Waals surface area contributed by atoms with E-state index in [0.29, 0.717) is 25.4 Å². The molecule has 1 fully saturated rings. The number of nitrogens with zero attached hydrogens (tertiary/aromatic N) is 5. The average Bonchev–Trinajstić information content (AvgIpc) is 3.26. The number of imidazole rings is 1. The van der Waals surface area contributed by atoms with Crippen LogP contribution in [-0.2, 0) is 11.3 Å². The number of rotatable bonds is 12. The number of hydrogen-bond acceptors (Lipinski definition) is 7. The van der Waals surface area contributed by atoms with Crippen molar-refractivity contribution in [3.05, 3.63) is 42.1 Å². The zero-order valence-corrected chi connectivity index (χ0v) is 21.7. The number of benzene rings is 1. The maximum atomic E-state index is 13.2. The fourth-order valence-electron chi connectivity index (χ4n) is 4.63. The Kier molecular flexibility index (Phi) is 10.7. The first-order valence-electron chi connectivity index (χ1n) is 12.9. The summed E-state index contributed by atoms with van der Waals surface area (Å²) in [5, 5.41) is 3.44. The number of pyridine rings is 1. The normalized spacial score (nSPS) is 13.8. The van der Waals surface area contributed by atoms with E-state index < -0.39 is 0 Å². The molecule has 1 amide bonds. The summed E-state index contributed by atoms with van der Waals surface area (Å²) in [7, 11) is 3.30. The number of nitrogens with one attached hydrogen (secondary N) is 1. The molecule has 0 saturated carbocycles. The highest BCUT2D eigenvalue weighted by atomic mass is 16.5. The maximum absolute atomic E-state index is 13.2. The van der Waals surface area contributed by atoms with E-state index in [1.165, 1.54) is 32.4 Å². The van der Waals surface area contributed by atoms with Crippen molar-refractivity contribution in [2.75, 3.05) is 58.9 Å². The van der Waals surface area contributed by atoms with Crippen LogP contribution in [0.4, 0.5) is 11.6 Å². The minimum absolute atomic E-state index is 0. The number of ether oxygens (including phenoxy) is 2. The third-order valence-electron chi connectivity index (χ3n) is 6.70. The van der Waals surface area contributed by atoms with Gasteiger partial charge in [-0.05, 0) is 82.2 Å². The second-order valence-electron chi connectivity index (χ2n) is 9.11. The second-order valence-corrected chi connectivity index (χ2v) is 9.11. The molecule has 0 atom stereocenters. The van der Waals surface area contributed by atoms with Crippen molar-refractivity contribution < 1.29 is 14.3 Å². The lowest BCUT2D eigenvalue weighted by atomic mass is 10.1. The molecule has 2 aromatic heterocycles. The van der Waals surface area contributed by atoms with Crippen molar-refractivity contribution in [1.29, 1.82) is 0 Å². The SMILES string of the molecule is C.CCN(CCOC)C(=O)c1ccc2nc(Nc3ccc(OC)cc3)n(CCCN3CCCCC3)c2n1. The number of piperidine rings is 1. The van der Waals surface area contributed by atoms with Crippen LogP contribution >= 0.6 is 0 Å². The van der Waals surface area contributed by atoms with E-state index >= 15 is 0 Å². The van der Waals surface area contributed by atoms with E-state index in [1.54, 1.807) is 25.2 Å². The van der Waals surface area contributed by atoms with Gasteiger partial charge in [-0.2, -0.15) is 0 Å². The lowest BCUT2D eigenvalue weighted by molar-refractivity contribution is 0.0701. The molecule has 1 aromatic carbocycles. The molecule has 0 unspecified atom stereocenters. The number of carbonyl (C=O) groups excluding carboxylic acids is 1. The molecule has 4 rings (SSSR count). The Bertz CT molecular complexity index is 1120. The Morgan fingerprint density at radius 1 is 1.03 bits per heavy atom. The first-order chi connectivity index (χ1) is 17.6. The second kappa shape index (κ2) is 13.9. The molecule has 0 radical (unpaired) electrons. The number of hydrogen-bond donors (Lipinski definition) is 1. The molecule has 0 bridgehead atoms. The van der Waals surface area contributed by atoms with Gasteiger partial charge in [0.05, 0.1) is 13.7 Å². The molecule has 1 saturated heterocycles. The summed E-state index contributed by atoms with van der Waals surface area (Å²) in [5.41, 5.74) is 2.82. The van der Waals surface area contributed by atoms with Crippen LogP contribution in [0.15, 0.2) is 36.4 Å². The van der Waals surface area contributed by atoms with Crippen LogP contribution in [0.5, 0.6) is 5.75 Å². The van der Waals surface area contributed by atoms with Crippen LogP contribution in [0.3, 0.4) is 0 Å². The Morgan fingerprint density at radius 3 is 2.46 bits per heavy atom. The largest absolute Gasteiger partial charge is 0.497 e. The van der Waals surface area contributed by atoms with Gasteiger partial charge in [-0.25, -0.2) is 9.97 Å². The fraction of sp³-hybridized carbons (Fsp3) is 0.536. The summed E-state index contributed by atoms with van der Waals surface area (Å²) >= 11 is 0. The Balaban J connectivity index is 0.00000380. The predicted octanol–water partition coefficient (Wildman–Crippen LogP) is 4.80. The van der Waals surface area contributed by atoms with Crippen LogP contribution in [0.1, 0.15) is 50.5 Å². The number of aromatic nitrogens is 3. The lowest BCUT2D eigenvalue weighted by Crippen LogP contribution is -2.34. The van der Waals surface area contributed by atoms with Crippen molar-refractivity contribution in [2.45, 2.75) is 46.6 Å². The maximum Gasteiger partial charge on any atom is 0.272 e. The molecular formula is C28H42N6O3. The van der Waals surface area contributed by atoms with E-state index in [4.69, 9.17) is 19.4 Å². The number of fused-ring (bicyclic) bond motifs is 1. The van der Waals surface area contributed by atoms with Gasteiger partial charge >= 0.3 is 0 Å². The summed E-state index contributed by atoms with van der Waals surface area (Å²) in [5.74, 6) is 1.43. The molecule has 202 valence electrons. The summed E-state index contributed by atoms with van der Waals surface area (Å²) < 4.78 is 12.6. The minimum Gasteiger partial charge on any atom is -0.497 e. The van der Waals surface area contributed by atoms with Gasteiger partial charge < -0.3 is 24.6 Å². The van der Waals surface area contributed by atoms with E-state index in [0.717, 1.165) is 48.1 Å². The lowest BCUT2D eigenvalue weighted by Gasteiger charge is -2.26. The van der Waals surface area contributed by atoms with Crippen LogP contribution < -0.4 is 10.1 Å². The monoisotopic (exact) mass is 510 g/mol. The number of carbonyl (C=O) groups is 1. The number of anilines is 2. The van der Waals surface area contributed by atoms with Gasteiger partial charge in [0.15, 0.2) is 5.65 Å². The fourth-order valence-corrected chi connectivity index (χ4v) is 4.63. The molecule has 3 aromatic rings. The first-order valence-corrected chi connectivity index (χ1v) is 12.9. The average molecular weight is 511 g/mol. The molecule has 1 aliphatic rings. The standard InChI is InChI=1S/C27H38N6O3.CH4/c1-4-32(19-20-35-2)26(34)24-14-13-23-25(29-24)33(18-8-17-31-15-6-5-7-16-31)27(30-23)28-21-9-11-22(36-3)12-10-21;/h9-14H,4-8,15-20H2,1-3H3,(H,28,30);1H4. The smallest absolute Gasteiger partial charge is 0.272 e. The topological polar surface area (TPSA) is 84.8 Å². The van der Waals surface area contributed by atoms with Crippen LogP contribution in [0, 0.1) is 0 Å². The summed E-state index contributed by atoms with van der Waals surface area (Å²) in [6, 6.07) is 11.4. The van der Waals surface area contributed by atoms with Gasteiger partial charge in [0.1, 0.15) is 17.0 Å². The van der Waals surface area contributed by atoms with Gasteiger partial charge in [-0.1, -0.05) is 13.8 Å². The van der Waals surface area contributed by atoms with Crippen molar-refractivity contribution in [2.24, 2.45) is 0 Å². The third kappa shape index (κ3) is 7.20. The highest BCUT2D eigenvalue weighted by molar-refractivity contribution is 5.94. The molecule has 3 heterocycles. The minimum atomic E-state index is -0.0952. The van der Waals surface area contributed by atoms with Crippen LogP contribution in [0.2, 0.25) is 0 Å². The molecule has 9 heteroatoms. The highest BCUT2D eigenvalue weighted by Crippen LogP contribution is 2.24. The quantitative estimate of drug-likeness (QED) is 0.374. The molecule has 9 nitrogen and oxygen atoms in total. The number of amides is 1. The van der Waals surface area contributed by atoms with E-state index in [9.17, 15) is 4.79 Å². The van der Waals surface area contributed by atoms with Crippen molar-refractivity contribution in [3.8, 4) is 5.75 Å². The molecule has 37 heavy (non-hydrogen) atoms. The zero-order chi connectivity index (χ0) is 25.3. The molecule has 1 aliphatic heterocycles. The molecule has 0 aliphatic carbocycles. The van der Waals surface area contributed by atoms with E-state index in [1.807, 2.05) is 37.3 Å². The van der Waals surface area contributed by atoms with Crippen molar-refractivity contribution >= 4 is 28.7 Å². The third-order valence-corrected chi connectivity index (χ3v) is 6.70. The van der Waals surface area contributed by atoms with Gasteiger partial charge in [0.25, 0.3) is 5.91 Å². The number of likely N-dealkylation sites (N-methyl/N-ethyl adjacent to an activating group) is 1. The van der Waals surface area contributed by atoms with E-state index in [2.05, 4.69) is 14.8 Å². The van der Waals surface area contributed by atoms with Gasteiger partial charge in [-0.3, -0.25) is 9.36 Å². The predicted molar refractivity (Wildman–Crippen MR) is 149 cm³/mol. The Morgan fingerprint density at radius 2 is 1.78 bits per heavy atom. The summed E-state index contributed by atoms with van der Waals surface area (Å²) in [4.78, 5) is 27.1. The number of likely N-dealkylation sites (tertiary alicyclic amines) is 1. The highest BCUT2D eigenvalue weighted by Gasteiger charge is 2.19. The number of methoxy groups -OCH3 is 2. The molecule has 1 N–H and O–H groups in total. The first kappa shape index (κ1) is 28.4. The zero-order valence-electron chi connectivity index (χ0n) is 21.7. The Hall–Kier alpha value is -3.17. The molecular weight excluding hydrogens is 468 g/mol. The summed E-state index contributed by atoms with van der Waals surface area (Å²) in [6.45, 7) is 7.74. The molecule has 0 spiro atoms. The van der Waals surface area contributed by atoms with E-state index in [-0.39, 0.29) is 13.3 Å². The van der Waals surface area contributed by atoms with Gasteiger partial charge in [0.2, 0.25) is 5.95 Å². The van der Waals surface area contributed by atoms with Gasteiger partial charge in [0, 0.05) is 32.4 Å². The van der Waals surface area contributed by atoms with Crippen molar-refractivity contribution in [3.63, 3.8) is 0 Å². The van der Waals surface area contributed by atoms with Crippen LogP contribution in [0.25, 0.3) is 11.2 Å². The van der Waals surface area contributed by atoms with Crippen molar-refractivity contribution in [1.82, 2.24) is 24.3 Å². The number of aryl methyl sites for hydroxylation is 1.